The summed E-state index contributed by atoms with van der Waals surface area (Å²) in [6.07, 6.45) is 2.85. The molecule has 156 valence electrons. The van der Waals surface area contributed by atoms with Gasteiger partial charge in [0.05, 0.1) is 17.9 Å². The summed E-state index contributed by atoms with van der Waals surface area (Å²) in [6, 6.07) is 11.4. The zero-order valence-electron chi connectivity index (χ0n) is 16.8. The molecule has 0 bridgehead atoms. The summed E-state index contributed by atoms with van der Waals surface area (Å²) in [5, 5.41) is 9.84. The molecule has 0 unspecified atom stereocenters. The molecular weight excluding hydrogens is 388 g/mol. The Bertz CT molecular complexity index is 1060. The number of carbonyl (C=O) groups excluding carboxylic acids is 1. The minimum Gasteiger partial charge on any atom is -0.323 e. The maximum atomic E-state index is 14.1. The van der Waals surface area contributed by atoms with Crippen LogP contribution in [0.2, 0.25) is 0 Å². The Kier molecular flexibility index (Phi) is 6.90. The van der Waals surface area contributed by atoms with E-state index in [1.165, 1.54) is 30.3 Å². The number of aliphatic imine (C=N–C) groups is 1. The first-order valence-electron chi connectivity index (χ1n) is 9.62. The predicted octanol–water partition coefficient (Wildman–Crippen LogP) is 4.28. The molecule has 0 spiro atoms. The molecule has 8 heteroatoms. The van der Waals surface area contributed by atoms with Crippen LogP contribution in [0.15, 0.2) is 59.7 Å². The predicted molar refractivity (Wildman–Crippen MR) is 112 cm³/mol. The second kappa shape index (κ2) is 9.78. The lowest BCUT2D eigenvalue weighted by Gasteiger charge is -2.12. The van der Waals surface area contributed by atoms with Crippen LogP contribution in [0, 0.1) is 18.6 Å². The van der Waals surface area contributed by atoms with Crippen molar-refractivity contribution >= 4 is 17.6 Å². The fourth-order valence-electron chi connectivity index (χ4n) is 2.83. The zero-order chi connectivity index (χ0) is 21.5. The quantitative estimate of drug-likeness (QED) is 0.470. The van der Waals surface area contributed by atoms with Crippen molar-refractivity contribution in [2.24, 2.45) is 4.99 Å². The van der Waals surface area contributed by atoms with Gasteiger partial charge in [0, 0.05) is 23.9 Å². The summed E-state index contributed by atoms with van der Waals surface area (Å²) >= 11 is 0. The molecule has 2 aromatic carbocycles. The normalized spacial score (nSPS) is 11.4. The number of halogens is 2. The number of carbonyl (C=O) groups is 1. The number of hydrogen-bond donors (Lipinski definition) is 2. The fraction of sp³-hybridized carbons (Fsp3) is 0.227. The van der Waals surface area contributed by atoms with Crippen molar-refractivity contribution in [3.63, 3.8) is 0 Å². The molecule has 0 saturated carbocycles. The summed E-state index contributed by atoms with van der Waals surface area (Å²) in [6.45, 7) is 4.97. The van der Waals surface area contributed by atoms with Gasteiger partial charge in [0.2, 0.25) is 5.96 Å². The number of benzene rings is 2. The van der Waals surface area contributed by atoms with Crippen LogP contribution in [0.25, 0.3) is 0 Å². The van der Waals surface area contributed by atoms with Crippen LogP contribution < -0.4 is 10.6 Å². The lowest BCUT2D eigenvalue weighted by molar-refractivity contribution is 0.0976. The third kappa shape index (κ3) is 5.50. The van der Waals surface area contributed by atoms with Gasteiger partial charge in [0.25, 0.3) is 5.91 Å². The van der Waals surface area contributed by atoms with Crippen molar-refractivity contribution in [2.75, 3.05) is 5.32 Å². The van der Waals surface area contributed by atoms with E-state index in [1.54, 1.807) is 12.1 Å². The number of guanidine groups is 1. The van der Waals surface area contributed by atoms with Gasteiger partial charge in [0.1, 0.15) is 11.6 Å². The topological polar surface area (TPSA) is 71.3 Å². The molecule has 1 aromatic heterocycles. The smallest absolute Gasteiger partial charge is 0.258 e. The lowest BCUT2D eigenvalue weighted by Crippen LogP contribution is -2.36. The van der Waals surface area contributed by atoms with Crippen LogP contribution in [-0.2, 0) is 13.1 Å². The third-order valence-electron chi connectivity index (χ3n) is 4.35. The third-order valence-corrected chi connectivity index (χ3v) is 4.35. The largest absolute Gasteiger partial charge is 0.323 e. The van der Waals surface area contributed by atoms with Crippen molar-refractivity contribution < 1.29 is 13.6 Å². The molecule has 0 fully saturated rings. The monoisotopic (exact) mass is 411 g/mol. The Hall–Kier alpha value is -3.55. The molecular formula is C22H23F2N5O. The van der Waals surface area contributed by atoms with E-state index in [0.29, 0.717) is 0 Å². The Morgan fingerprint density at radius 3 is 2.70 bits per heavy atom. The number of nitrogens with one attached hydrogen (secondary N) is 2. The summed E-state index contributed by atoms with van der Waals surface area (Å²) in [5.41, 5.74) is 2.00. The van der Waals surface area contributed by atoms with E-state index in [4.69, 9.17) is 0 Å². The van der Waals surface area contributed by atoms with Gasteiger partial charge in [-0.1, -0.05) is 25.1 Å². The second-order valence-electron chi connectivity index (χ2n) is 6.74. The highest BCUT2D eigenvalue weighted by atomic mass is 19.1. The van der Waals surface area contributed by atoms with Crippen molar-refractivity contribution in [3.8, 4) is 0 Å². The van der Waals surface area contributed by atoms with E-state index in [1.807, 2.05) is 17.8 Å². The highest BCUT2D eigenvalue weighted by molar-refractivity contribution is 6.09. The highest BCUT2D eigenvalue weighted by Crippen LogP contribution is 2.13. The van der Waals surface area contributed by atoms with Gasteiger partial charge in [0.15, 0.2) is 0 Å². The van der Waals surface area contributed by atoms with Crippen LogP contribution >= 0.6 is 0 Å². The van der Waals surface area contributed by atoms with E-state index in [-0.39, 0.29) is 23.8 Å². The summed E-state index contributed by atoms with van der Waals surface area (Å²) in [7, 11) is 0. The average molecular weight is 411 g/mol. The average Bonchev–Trinajstić information content (AvgIpc) is 3.07. The molecule has 0 saturated heterocycles. The van der Waals surface area contributed by atoms with E-state index >= 15 is 0 Å². The van der Waals surface area contributed by atoms with Crippen molar-refractivity contribution in [3.05, 3.63) is 83.2 Å². The van der Waals surface area contributed by atoms with Gasteiger partial charge >= 0.3 is 0 Å². The summed E-state index contributed by atoms with van der Waals surface area (Å²) in [4.78, 5) is 17.0. The molecule has 0 aliphatic heterocycles. The van der Waals surface area contributed by atoms with Gasteiger partial charge in [-0.05, 0) is 43.7 Å². The molecule has 1 amide bonds. The molecule has 0 radical (unpaired) electrons. The number of aryl methyl sites for hydroxylation is 2. The molecule has 0 aliphatic carbocycles. The molecule has 1 heterocycles. The molecule has 0 atom stereocenters. The van der Waals surface area contributed by atoms with Crippen molar-refractivity contribution in [2.45, 2.75) is 33.4 Å². The fourth-order valence-corrected chi connectivity index (χ4v) is 2.83. The SMILES string of the molecule is CCCn1cc(CN=C(NC(=O)c2cccc(F)c2)Nc2ccccc2F)c(C)n1. The number of anilines is 1. The van der Waals surface area contributed by atoms with Gasteiger partial charge < -0.3 is 5.32 Å². The summed E-state index contributed by atoms with van der Waals surface area (Å²) in [5.74, 6) is -1.52. The zero-order valence-corrected chi connectivity index (χ0v) is 16.8. The maximum absolute atomic E-state index is 14.1. The lowest BCUT2D eigenvalue weighted by atomic mass is 10.2. The number of rotatable bonds is 6. The van der Waals surface area contributed by atoms with E-state index in [9.17, 15) is 13.6 Å². The molecule has 0 aliphatic rings. The number of nitrogens with zero attached hydrogens (tertiary/aromatic N) is 3. The van der Waals surface area contributed by atoms with E-state index < -0.39 is 17.5 Å². The number of aromatic nitrogens is 2. The maximum Gasteiger partial charge on any atom is 0.258 e. The van der Waals surface area contributed by atoms with Gasteiger partial charge in [-0.3, -0.25) is 14.8 Å². The molecule has 3 aromatic rings. The first-order valence-corrected chi connectivity index (χ1v) is 9.62. The molecule has 30 heavy (non-hydrogen) atoms. The number of amides is 1. The van der Waals surface area contributed by atoms with Crippen LogP contribution in [0.5, 0.6) is 0 Å². The van der Waals surface area contributed by atoms with Crippen LogP contribution in [0.4, 0.5) is 14.5 Å². The highest BCUT2D eigenvalue weighted by Gasteiger charge is 2.12. The molecule has 2 N–H and O–H groups in total. The van der Waals surface area contributed by atoms with Crippen LogP contribution in [0.3, 0.4) is 0 Å². The Morgan fingerprint density at radius 2 is 1.97 bits per heavy atom. The van der Waals surface area contributed by atoms with Gasteiger partial charge in [-0.25, -0.2) is 13.8 Å². The molecule has 3 rings (SSSR count). The minimum absolute atomic E-state index is 0.0528. The Balaban J connectivity index is 1.84. The first-order chi connectivity index (χ1) is 14.5. The van der Waals surface area contributed by atoms with Crippen LogP contribution in [-0.4, -0.2) is 21.6 Å². The molecule has 6 nitrogen and oxygen atoms in total. The minimum atomic E-state index is -0.560. The summed E-state index contributed by atoms with van der Waals surface area (Å²) < 4.78 is 29.4. The Labute approximate surface area is 173 Å². The van der Waals surface area contributed by atoms with Crippen molar-refractivity contribution in [1.82, 2.24) is 15.1 Å². The van der Waals surface area contributed by atoms with Crippen LogP contribution in [0.1, 0.15) is 35.0 Å². The number of hydrogen-bond acceptors (Lipinski definition) is 3. The van der Waals surface area contributed by atoms with E-state index in [2.05, 4.69) is 27.6 Å². The van der Waals surface area contributed by atoms with Gasteiger partial charge in [-0.15, -0.1) is 0 Å². The second-order valence-corrected chi connectivity index (χ2v) is 6.74. The number of para-hydroxylation sites is 1. The van der Waals surface area contributed by atoms with E-state index in [0.717, 1.165) is 30.3 Å². The standard InChI is InChI=1S/C22H23F2N5O/c1-3-11-29-14-17(15(2)28-29)13-25-22(26-20-10-5-4-9-19(20)24)27-21(30)16-7-6-8-18(23)12-16/h4-10,12,14H,3,11,13H2,1-2H3,(H2,25,26,27,30). The first kappa shape index (κ1) is 21.2. The van der Waals surface area contributed by atoms with Gasteiger partial charge in [-0.2, -0.15) is 5.10 Å². The Morgan fingerprint density at radius 1 is 1.17 bits per heavy atom. The van der Waals surface area contributed by atoms with Crippen molar-refractivity contribution in [1.29, 1.82) is 0 Å².